The Morgan fingerprint density at radius 3 is 2.54 bits per heavy atom. The number of likely N-dealkylation sites (N-methyl/N-ethyl adjacent to an activating group) is 1. The van der Waals surface area contributed by atoms with Gasteiger partial charge >= 0.3 is 5.97 Å². The van der Waals surface area contributed by atoms with E-state index in [1.165, 1.54) is 0 Å². The zero-order valence-corrected chi connectivity index (χ0v) is 15.8. The lowest BCUT2D eigenvalue weighted by Crippen LogP contribution is -2.54. The Bertz CT molecular complexity index is 641. The summed E-state index contributed by atoms with van der Waals surface area (Å²) in [5.74, 6) is 0.144. The molecule has 144 valence electrons. The van der Waals surface area contributed by atoms with E-state index in [1.807, 2.05) is 25.7 Å². The molecule has 1 saturated carbocycles. The molecule has 0 saturated heterocycles. The molecule has 1 fully saturated rings. The van der Waals surface area contributed by atoms with Crippen molar-refractivity contribution in [3.63, 3.8) is 0 Å². The fraction of sp³-hybridized carbons (Fsp3) is 0.579. The van der Waals surface area contributed by atoms with Gasteiger partial charge in [-0.15, -0.1) is 0 Å². The minimum atomic E-state index is -0.824. The van der Waals surface area contributed by atoms with Crippen LogP contribution in [0.15, 0.2) is 18.2 Å². The van der Waals surface area contributed by atoms with Crippen LogP contribution in [0.1, 0.15) is 44.0 Å². The number of amides is 1. The van der Waals surface area contributed by atoms with E-state index in [1.54, 1.807) is 25.3 Å². The number of rotatable bonds is 9. The summed E-state index contributed by atoms with van der Waals surface area (Å²) in [5, 5.41) is 11.9. The van der Waals surface area contributed by atoms with Crippen molar-refractivity contribution in [1.29, 1.82) is 0 Å². The quantitative estimate of drug-likeness (QED) is 0.698. The molecule has 0 spiro atoms. The summed E-state index contributed by atoms with van der Waals surface area (Å²) in [4.78, 5) is 25.3. The molecule has 1 aliphatic carbocycles. The van der Waals surface area contributed by atoms with Gasteiger partial charge in [-0.1, -0.05) is 6.92 Å². The zero-order valence-electron chi connectivity index (χ0n) is 15.8. The van der Waals surface area contributed by atoms with Crippen LogP contribution in [0, 0.1) is 0 Å². The third-order valence-electron chi connectivity index (χ3n) is 4.50. The number of methoxy groups -OCH3 is 1. The Morgan fingerprint density at radius 2 is 2.00 bits per heavy atom. The minimum absolute atomic E-state index is 0.0165. The zero-order chi connectivity index (χ0) is 19.3. The van der Waals surface area contributed by atoms with Gasteiger partial charge in [-0.25, -0.2) is 0 Å². The van der Waals surface area contributed by atoms with Crippen molar-refractivity contribution in [2.45, 2.75) is 51.8 Å². The first kappa shape index (κ1) is 20.0. The number of carbonyl (C=O) groups excluding carboxylic acids is 1. The fourth-order valence-corrected chi connectivity index (χ4v) is 3.11. The van der Waals surface area contributed by atoms with Gasteiger partial charge in [0.25, 0.3) is 5.91 Å². The molecular formula is C19H28N2O5. The number of ether oxygens (including phenoxy) is 2. The van der Waals surface area contributed by atoms with E-state index in [4.69, 9.17) is 14.6 Å². The van der Waals surface area contributed by atoms with E-state index < -0.39 is 5.97 Å². The third kappa shape index (κ3) is 5.11. The standard InChI is InChI=1S/C19H28N2O5/c1-5-21(11-18(22)23)15-9-14(10-15)20-19(24)13-6-7-16(26-12(2)3)17(8-13)25-4/h6-8,12,14-15H,5,9-11H2,1-4H3,(H,20,24)(H,22,23). The lowest BCUT2D eigenvalue weighted by atomic mass is 9.85. The van der Waals surface area contributed by atoms with Gasteiger partial charge in [0.1, 0.15) is 0 Å². The maximum absolute atomic E-state index is 12.5. The maximum Gasteiger partial charge on any atom is 0.317 e. The van der Waals surface area contributed by atoms with Gasteiger partial charge in [0.2, 0.25) is 0 Å². The van der Waals surface area contributed by atoms with Crippen molar-refractivity contribution in [3.05, 3.63) is 23.8 Å². The highest BCUT2D eigenvalue weighted by Gasteiger charge is 2.34. The molecule has 1 aliphatic rings. The second-order valence-electron chi connectivity index (χ2n) is 6.78. The third-order valence-corrected chi connectivity index (χ3v) is 4.50. The number of hydrogen-bond acceptors (Lipinski definition) is 5. The van der Waals surface area contributed by atoms with E-state index in [9.17, 15) is 9.59 Å². The number of aliphatic carboxylic acids is 1. The monoisotopic (exact) mass is 364 g/mol. The van der Waals surface area contributed by atoms with E-state index in [0.29, 0.717) is 23.6 Å². The lowest BCUT2D eigenvalue weighted by molar-refractivity contribution is -0.139. The average molecular weight is 364 g/mol. The van der Waals surface area contributed by atoms with Crippen LogP contribution in [-0.2, 0) is 4.79 Å². The summed E-state index contributed by atoms with van der Waals surface area (Å²) in [6, 6.07) is 5.40. The Balaban J connectivity index is 1.92. The summed E-state index contributed by atoms with van der Waals surface area (Å²) in [5.41, 5.74) is 0.513. The number of benzene rings is 1. The first-order valence-electron chi connectivity index (χ1n) is 8.95. The van der Waals surface area contributed by atoms with Crippen LogP contribution in [0.3, 0.4) is 0 Å². The molecule has 7 heteroatoms. The molecule has 26 heavy (non-hydrogen) atoms. The highest BCUT2D eigenvalue weighted by atomic mass is 16.5. The predicted molar refractivity (Wildman–Crippen MR) is 97.9 cm³/mol. The number of carboxylic acids is 1. The number of carboxylic acid groups (broad SMARTS) is 1. The van der Waals surface area contributed by atoms with Gasteiger partial charge in [0.05, 0.1) is 19.8 Å². The van der Waals surface area contributed by atoms with Crippen molar-refractivity contribution in [3.8, 4) is 11.5 Å². The number of nitrogens with zero attached hydrogens (tertiary/aromatic N) is 1. The normalized spacial score (nSPS) is 19.2. The molecular weight excluding hydrogens is 336 g/mol. The summed E-state index contributed by atoms with van der Waals surface area (Å²) >= 11 is 0. The van der Waals surface area contributed by atoms with Crippen molar-refractivity contribution < 1.29 is 24.2 Å². The van der Waals surface area contributed by atoms with Gasteiger partial charge in [0.15, 0.2) is 11.5 Å². The maximum atomic E-state index is 12.5. The highest BCUT2D eigenvalue weighted by Crippen LogP contribution is 2.30. The highest BCUT2D eigenvalue weighted by molar-refractivity contribution is 5.95. The molecule has 1 aromatic carbocycles. The average Bonchev–Trinajstić information content (AvgIpc) is 2.55. The smallest absolute Gasteiger partial charge is 0.317 e. The van der Waals surface area contributed by atoms with Gasteiger partial charge in [-0.3, -0.25) is 14.5 Å². The largest absolute Gasteiger partial charge is 0.493 e. The molecule has 2 N–H and O–H groups in total. The van der Waals surface area contributed by atoms with Crippen LogP contribution in [-0.4, -0.2) is 60.3 Å². The van der Waals surface area contributed by atoms with Gasteiger partial charge < -0.3 is 19.9 Å². The number of nitrogens with one attached hydrogen (secondary N) is 1. The van der Waals surface area contributed by atoms with Crippen LogP contribution in [0.2, 0.25) is 0 Å². The second-order valence-corrected chi connectivity index (χ2v) is 6.78. The van der Waals surface area contributed by atoms with Gasteiger partial charge in [0, 0.05) is 17.6 Å². The van der Waals surface area contributed by atoms with Crippen molar-refractivity contribution in [2.24, 2.45) is 0 Å². The molecule has 0 heterocycles. The van der Waals surface area contributed by atoms with Crippen LogP contribution >= 0.6 is 0 Å². The molecule has 0 aromatic heterocycles. The Labute approximate surface area is 154 Å². The number of hydrogen-bond donors (Lipinski definition) is 2. The first-order valence-corrected chi connectivity index (χ1v) is 8.95. The predicted octanol–water partition coefficient (Wildman–Crippen LogP) is 2.15. The molecule has 7 nitrogen and oxygen atoms in total. The first-order chi connectivity index (χ1) is 12.3. The van der Waals surface area contributed by atoms with Gasteiger partial charge in [-0.05, 0) is 51.4 Å². The van der Waals surface area contributed by atoms with Crippen LogP contribution in [0.4, 0.5) is 0 Å². The molecule has 2 rings (SSSR count). The molecule has 0 unspecified atom stereocenters. The molecule has 0 aliphatic heterocycles. The topological polar surface area (TPSA) is 88.1 Å². The van der Waals surface area contributed by atoms with Crippen LogP contribution < -0.4 is 14.8 Å². The molecule has 0 atom stereocenters. The summed E-state index contributed by atoms with van der Waals surface area (Å²) < 4.78 is 11.0. The summed E-state index contributed by atoms with van der Waals surface area (Å²) in [7, 11) is 1.54. The second kappa shape index (κ2) is 8.89. The van der Waals surface area contributed by atoms with Crippen molar-refractivity contribution in [1.82, 2.24) is 10.2 Å². The summed E-state index contributed by atoms with van der Waals surface area (Å²) in [6.45, 7) is 6.53. The molecule has 0 radical (unpaired) electrons. The summed E-state index contributed by atoms with van der Waals surface area (Å²) in [6.07, 6.45) is 1.54. The van der Waals surface area contributed by atoms with E-state index in [-0.39, 0.29) is 30.6 Å². The SMILES string of the molecule is CCN(CC(=O)O)C1CC(NC(=O)c2ccc(OC(C)C)c(OC)c2)C1. The number of carbonyl (C=O) groups is 2. The van der Waals surface area contributed by atoms with Crippen molar-refractivity contribution >= 4 is 11.9 Å². The van der Waals surface area contributed by atoms with Crippen LogP contribution in [0.5, 0.6) is 11.5 Å². The lowest BCUT2D eigenvalue weighted by Gasteiger charge is -2.42. The van der Waals surface area contributed by atoms with Crippen LogP contribution in [0.25, 0.3) is 0 Å². The Hall–Kier alpha value is -2.28. The molecule has 1 amide bonds. The van der Waals surface area contributed by atoms with E-state index in [0.717, 1.165) is 12.8 Å². The van der Waals surface area contributed by atoms with E-state index in [2.05, 4.69) is 5.32 Å². The fourth-order valence-electron chi connectivity index (χ4n) is 3.11. The van der Waals surface area contributed by atoms with Gasteiger partial charge in [-0.2, -0.15) is 0 Å². The molecule has 0 bridgehead atoms. The molecule has 1 aromatic rings. The minimum Gasteiger partial charge on any atom is -0.493 e. The van der Waals surface area contributed by atoms with Crippen molar-refractivity contribution in [2.75, 3.05) is 20.2 Å². The van der Waals surface area contributed by atoms with E-state index >= 15 is 0 Å². The Morgan fingerprint density at radius 1 is 1.31 bits per heavy atom. The Kier molecular flexibility index (Phi) is 6.85.